The highest BCUT2D eigenvalue weighted by molar-refractivity contribution is 6.21. The molecule has 0 amide bonds. The SMILES string of the molecule is CN(CC1CC(Cl)C1)c1ccc(C(F)(F)F)cc1. The highest BCUT2D eigenvalue weighted by atomic mass is 35.5. The van der Waals surface area contributed by atoms with E-state index in [1.807, 2.05) is 11.9 Å². The molecule has 18 heavy (non-hydrogen) atoms. The highest BCUT2D eigenvalue weighted by Crippen LogP contribution is 2.34. The Morgan fingerprint density at radius 3 is 2.22 bits per heavy atom. The molecule has 2 rings (SSSR count). The van der Waals surface area contributed by atoms with Crippen LogP contribution < -0.4 is 4.90 Å². The molecular formula is C13H15ClF3N. The van der Waals surface area contributed by atoms with E-state index in [1.165, 1.54) is 12.1 Å². The van der Waals surface area contributed by atoms with Crippen LogP contribution in [-0.4, -0.2) is 19.0 Å². The van der Waals surface area contributed by atoms with Crippen LogP contribution in [0.3, 0.4) is 0 Å². The molecule has 0 spiro atoms. The van der Waals surface area contributed by atoms with Gasteiger partial charge in [-0.25, -0.2) is 0 Å². The lowest BCUT2D eigenvalue weighted by Crippen LogP contribution is -2.34. The summed E-state index contributed by atoms with van der Waals surface area (Å²) in [6, 6.07) is 5.27. The van der Waals surface area contributed by atoms with Crippen LogP contribution in [0.5, 0.6) is 0 Å². The molecule has 100 valence electrons. The van der Waals surface area contributed by atoms with Crippen LogP contribution in [0.15, 0.2) is 24.3 Å². The fourth-order valence-corrected chi connectivity index (χ4v) is 2.70. The number of rotatable bonds is 3. The fourth-order valence-electron chi connectivity index (χ4n) is 2.20. The van der Waals surface area contributed by atoms with Gasteiger partial charge in [0.25, 0.3) is 0 Å². The van der Waals surface area contributed by atoms with Crippen LogP contribution in [0.1, 0.15) is 18.4 Å². The fraction of sp³-hybridized carbons (Fsp3) is 0.538. The van der Waals surface area contributed by atoms with E-state index in [0.29, 0.717) is 5.92 Å². The van der Waals surface area contributed by atoms with Crippen molar-refractivity contribution in [2.75, 3.05) is 18.5 Å². The maximum atomic E-state index is 12.4. The van der Waals surface area contributed by atoms with Crippen molar-refractivity contribution < 1.29 is 13.2 Å². The summed E-state index contributed by atoms with van der Waals surface area (Å²) in [5.41, 5.74) is 0.199. The van der Waals surface area contributed by atoms with Gasteiger partial charge in [0.15, 0.2) is 0 Å². The van der Waals surface area contributed by atoms with Crippen molar-refractivity contribution >= 4 is 17.3 Å². The zero-order chi connectivity index (χ0) is 13.3. The molecule has 0 unspecified atom stereocenters. The van der Waals surface area contributed by atoms with Gasteiger partial charge in [-0.1, -0.05) is 0 Å². The van der Waals surface area contributed by atoms with Gasteiger partial charge in [0.05, 0.1) is 5.56 Å². The van der Waals surface area contributed by atoms with E-state index in [9.17, 15) is 13.2 Å². The van der Waals surface area contributed by atoms with E-state index < -0.39 is 11.7 Å². The first kappa shape index (κ1) is 13.5. The van der Waals surface area contributed by atoms with Crippen molar-refractivity contribution in [3.05, 3.63) is 29.8 Å². The third-order valence-corrected chi connectivity index (χ3v) is 3.70. The van der Waals surface area contributed by atoms with Crippen molar-refractivity contribution in [3.63, 3.8) is 0 Å². The Bertz CT molecular complexity index is 396. The molecular weight excluding hydrogens is 263 g/mol. The summed E-state index contributed by atoms with van der Waals surface area (Å²) in [6.07, 6.45) is -2.28. The molecule has 5 heteroatoms. The zero-order valence-corrected chi connectivity index (χ0v) is 10.8. The van der Waals surface area contributed by atoms with Crippen LogP contribution in [0, 0.1) is 5.92 Å². The summed E-state index contributed by atoms with van der Waals surface area (Å²) in [5.74, 6) is 0.555. The molecule has 0 radical (unpaired) electrons. The highest BCUT2D eigenvalue weighted by Gasteiger charge is 2.31. The Balaban J connectivity index is 1.96. The molecule has 1 nitrogen and oxygen atoms in total. The van der Waals surface area contributed by atoms with E-state index in [4.69, 9.17) is 11.6 Å². The summed E-state index contributed by atoms with van der Waals surface area (Å²) >= 11 is 5.90. The van der Waals surface area contributed by atoms with Crippen LogP contribution in [0.25, 0.3) is 0 Å². The van der Waals surface area contributed by atoms with Crippen molar-refractivity contribution in [2.45, 2.75) is 24.4 Å². The van der Waals surface area contributed by atoms with E-state index in [1.54, 1.807) is 0 Å². The lowest BCUT2D eigenvalue weighted by molar-refractivity contribution is -0.137. The first-order valence-electron chi connectivity index (χ1n) is 5.88. The molecule has 0 heterocycles. The Kier molecular flexibility index (Phi) is 3.76. The summed E-state index contributed by atoms with van der Waals surface area (Å²) in [7, 11) is 1.89. The first-order chi connectivity index (χ1) is 8.36. The third-order valence-electron chi connectivity index (χ3n) is 3.35. The molecule has 0 bridgehead atoms. The monoisotopic (exact) mass is 277 g/mol. The lowest BCUT2D eigenvalue weighted by Gasteiger charge is -2.35. The minimum absolute atomic E-state index is 0.274. The van der Waals surface area contributed by atoms with E-state index in [0.717, 1.165) is 37.2 Å². The summed E-state index contributed by atoms with van der Waals surface area (Å²) < 4.78 is 37.2. The van der Waals surface area contributed by atoms with Crippen LogP contribution in [0.2, 0.25) is 0 Å². The maximum absolute atomic E-state index is 12.4. The minimum atomic E-state index is -4.27. The standard InChI is InChI=1S/C13H15ClF3N/c1-18(8-9-6-11(14)7-9)12-4-2-10(3-5-12)13(15,16)17/h2-5,9,11H,6-8H2,1H3. The predicted octanol–water partition coefficient (Wildman–Crippen LogP) is 4.16. The van der Waals surface area contributed by atoms with Crippen LogP contribution >= 0.6 is 11.6 Å². The van der Waals surface area contributed by atoms with Crippen molar-refractivity contribution in [3.8, 4) is 0 Å². The van der Waals surface area contributed by atoms with Gasteiger partial charge in [-0.2, -0.15) is 13.2 Å². The van der Waals surface area contributed by atoms with E-state index in [-0.39, 0.29) is 5.38 Å². The molecule has 0 aliphatic heterocycles. The Morgan fingerprint density at radius 1 is 1.22 bits per heavy atom. The molecule has 1 aromatic rings. The molecule has 1 aliphatic carbocycles. The molecule has 1 aromatic carbocycles. The summed E-state index contributed by atoms with van der Waals surface area (Å²) in [4.78, 5) is 1.98. The van der Waals surface area contributed by atoms with Crippen molar-refractivity contribution in [1.82, 2.24) is 0 Å². The topological polar surface area (TPSA) is 3.24 Å². The minimum Gasteiger partial charge on any atom is -0.374 e. The van der Waals surface area contributed by atoms with Gasteiger partial charge in [0.2, 0.25) is 0 Å². The summed E-state index contributed by atoms with van der Waals surface area (Å²) in [5, 5.41) is 0.274. The van der Waals surface area contributed by atoms with Gasteiger partial charge in [0, 0.05) is 24.7 Å². The Hall–Kier alpha value is -0.900. The molecule has 1 saturated carbocycles. The molecule has 1 fully saturated rings. The van der Waals surface area contributed by atoms with E-state index >= 15 is 0 Å². The number of halogens is 4. The predicted molar refractivity (Wildman–Crippen MR) is 67.1 cm³/mol. The Morgan fingerprint density at radius 2 is 1.78 bits per heavy atom. The van der Waals surface area contributed by atoms with Crippen LogP contribution in [-0.2, 0) is 6.18 Å². The van der Waals surface area contributed by atoms with Crippen molar-refractivity contribution in [2.24, 2.45) is 5.92 Å². The zero-order valence-electron chi connectivity index (χ0n) is 10.0. The van der Waals surface area contributed by atoms with Gasteiger partial charge < -0.3 is 4.90 Å². The Labute approximate surface area is 110 Å². The van der Waals surface area contributed by atoms with Gasteiger partial charge >= 0.3 is 6.18 Å². The quantitative estimate of drug-likeness (QED) is 0.750. The summed E-state index contributed by atoms with van der Waals surface area (Å²) in [6.45, 7) is 0.842. The first-order valence-corrected chi connectivity index (χ1v) is 6.32. The smallest absolute Gasteiger partial charge is 0.374 e. The molecule has 0 N–H and O–H groups in total. The number of nitrogens with zero attached hydrogens (tertiary/aromatic N) is 1. The van der Waals surface area contributed by atoms with Crippen molar-refractivity contribution in [1.29, 1.82) is 0 Å². The largest absolute Gasteiger partial charge is 0.416 e. The number of alkyl halides is 4. The molecule has 1 aliphatic rings. The van der Waals surface area contributed by atoms with Gasteiger partial charge in [-0.05, 0) is 43.0 Å². The number of benzene rings is 1. The van der Waals surface area contributed by atoms with Gasteiger partial charge in [-0.15, -0.1) is 11.6 Å². The normalized spacial score (nSPS) is 23.6. The van der Waals surface area contributed by atoms with E-state index in [2.05, 4.69) is 0 Å². The second kappa shape index (κ2) is 5.00. The maximum Gasteiger partial charge on any atom is 0.416 e. The van der Waals surface area contributed by atoms with Crippen LogP contribution in [0.4, 0.5) is 18.9 Å². The molecule has 0 saturated heterocycles. The second-order valence-electron chi connectivity index (χ2n) is 4.86. The average molecular weight is 278 g/mol. The third kappa shape index (κ3) is 3.10. The number of anilines is 1. The number of hydrogen-bond acceptors (Lipinski definition) is 1. The lowest BCUT2D eigenvalue weighted by atomic mass is 9.84. The van der Waals surface area contributed by atoms with Gasteiger partial charge in [-0.3, -0.25) is 0 Å². The molecule has 0 aromatic heterocycles. The molecule has 0 atom stereocenters. The van der Waals surface area contributed by atoms with Gasteiger partial charge in [0.1, 0.15) is 0 Å². The average Bonchev–Trinajstić information content (AvgIpc) is 2.26. The number of hydrogen-bond donors (Lipinski definition) is 0. The second-order valence-corrected chi connectivity index (χ2v) is 5.48.